The summed E-state index contributed by atoms with van der Waals surface area (Å²) >= 11 is 0.954. The molecule has 2 aliphatic heterocycles. The molecular weight excluding hydrogens is 482 g/mol. The summed E-state index contributed by atoms with van der Waals surface area (Å²) < 4.78 is 64.8. The Labute approximate surface area is 201 Å². The van der Waals surface area contributed by atoms with Gasteiger partial charge in [0.2, 0.25) is 5.13 Å². The predicted molar refractivity (Wildman–Crippen MR) is 125 cm³/mol. The molecule has 180 valence electrons. The van der Waals surface area contributed by atoms with Gasteiger partial charge in [-0.1, -0.05) is 18.2 Å². The molecule has 34 heavy (non-hydrogen) atoms. The molecule has 3 atom stereocenters. The Bertz CT molecular complexity index is 1240. The summed E-state index contributed by atoms with van der Waals surface area (Å²) in [6.45, 7) is 0.752. The summed E-state index contributed by atoms with van der Waals surface area (Å²) in [7, 11) is -3.84. The van der Waals surface area contributed by atoms with Crippen LogP contribution in [0.25, 0.3) is 0 Å². The van der Waals surface area contributed by atoms with Gasteiger partial charge < -0.3 is 4.74 Å². The fourth-order valence-corrected chi connectivity index (χ4v) is 6.51. The molecule has 0 saturated carbocycles. The lowest BCUT2D eigenvalue weighted by Crippen LogP contribution is -2.41. The molecule has 0 bridgehead atoms. The number of benzene rings is 2. The normalized spacial score (nSPS) is 23.2. The third-order valence-corrected chi connectivity index (χ3v) is 8.56. The Morgan fingerprint density at radius 2 is 1.97 bits per heavy atom. The highest BCUT2D eigenvalue weighted by Gasteiger charge is 2.37. The zero-order chi connectivity index (χ0) is 23.7. The molecule has 1 saturated heterocycles. The van der Waals surface area contributed by atoms with Crippen molar-refractivity contribution in [1.29, 1.82) is 0 Å². The Kier molecular flexibility index (Phi) is 6.50. The Hall–Kier alpha value is -2.63. The number of piperidine rings is 1. The monoisotopic (exact) mass is 506 g/mol. The van der Waals surface area contributed by atoms with Crippen molar-refractivity contribution < 1.29 is 21.9 Å². The molecule has 0 spiro atoms. The molecule has 5 rings (SSSR count). The van der Waals surface area contributed by atoms with Crippen molar-refractivity contribution in [3.05, 3.63) is 65.7 Å². The maximum atomic E-state index is 13.6. The number of alkyl halides is 1. The SMILES string of the molecule is O=S(=O)(Nc1ncns1)c1ccc2c(c1)OCCC2N1CC[C@H](CF)C[C@@H]1c1ccc(F)cc1. The van der Waals surface area contributed by atoms with Gasteiger partial charge >= 0.3 is 0 Å². The van der Waals surface area contributed by atoms with Crippen molar-refractivity contribution in [3.8, 4) is 5.75 Å². The van der Waals surface area contributed by atoms with Gasteiger partial charge in [-0.2, -0.15) is 4.37 Å². The fourth-order valence-electron chi connectivity index (χ4n) is 4.84. The lowest BCUT2D eigenvalue weighted by Gasteiger charge is -2.45. The van der Waals surface area contributed by atoms with Crippen LogP contribution in [0.15, 0.2) is 53.7 Å². The molecule has 1 N–H and O–H groups in total. The Morgan fingerprint density at radius 3 is 2.71 bits per heavy atom. The number of anilines is 1. The van der Waals surface area contributed by atoms with E-state index < -0.39 is 10.0 Å². The van der Waals surface area contributed by atoms with Crippen LogP contribution in [0.4, 0.5) is 13.9 Å². The van der Waals surface area contributed by atoms with Crippen LogP contribution < -0.4 is 9.46 Å². The lowest BCUT2D eigenvalue weighted by atomic mass is 9.85. The molecule has 7 nitrogen and oxygen atoms in total. The van der Waals surface area contributed by atoms with Gasteiger partial charge in [0.1, 0.15) is 17.9 Å². The first-order valence-corrected chi connectivity index (χ1v) is 13.3. The van der Waals surface area contributed by atoms with Crippen LogP contribution in [-0.2, 0) is 10.0 Å². The third kappa shape index (κ3) is 4.64. The van der Waals surface area contributed by atoms with E-state index in [0.29, 0.717) is 25.3 Å². The predicted octanol–water partition coefficient (Wildman–Crippen LogP) is 4.72. The number of aromatic nitrogens is 2. The summed E-state index contributed by atoms with van der Waals surface area (Å²) in [6.07, 6.45) is 3.39. The van der Waals surface area contributed by atoms with Gasteiger partial charge in [-0.15, -0.1) is 0 Å². The van der Waals surface area contributed by atoms with Crippen molar-refractivity contribution in [1.82, 2.24) is 14.3 Å². The number of nitrogens with zero attached hydrogens (tertiary/aromatic N) is 3. The molecule has 0 amide bonds. The lowest BCUT2D eigenvalue weighted by molar-refractivity contribution is 0.0394. The number of rotatable bonds is 6. The van der Waals surface area contributed by atoms with E-state index in [4.69, 9.17) is 4.74 Å². The first kappa shape index (κ1) is 23.1. The summed E-state index contributed by atoms with van der Waals surface area (Å²) in [6, 6.07) is 11.2. The van der Waals surface area contributed by atoms with Crippen LogP contribution in [0.1, 0.15) is 42.5 Å². The molecule has 2 aliphatic rings. The molecule has 11 heteroatoms. The Balaban J connectivity index is 1.45. The number of sulfonamides is 1. The fraction of sp³-hybridized carbons (Fsp3) is 0.391. The summed E-state index contributed by atoms with van der Waals surface area (Å²) in [5.74, 6) is 0.173. The van der Waals surface area contributed by atoms with Crippen molar-refractivity contribution in [3.63, 3.8) is 0 Å². The van der Waals surface area contributed by atoms with Crippen LogP contribution in [0.3, 0.4) is 0 Å². The molecule has 1 unspecified atom stereocenters. The minimum atomic E-state index is -3.84. The number of ether oxygens (including phenoxy) is 1. The smallest absolute Gasteiger partial charge is 0.263 e. The van der Waals surface area contributed by atoms with E-state index >= 15 is 0 Å². The van der Waals surface area contributed by atoms with Gasteiger partial charge in [0.15, 0.2) is 0 Å². The first-order valence-electron chi connectivity index (χ1n) is 11.1. The molecule has 0 radical (unpaired) electrons. The minimum Gasteiger partial charge on any atom is -0.493 e. The highest BCUT2D eigenvalue weighted by atomic mass is 32.2. The van der Waals surface area contributed by atoms with Crippen LogP contribution in [0.5, 0.6) is 5.75 Å². The number of fused-ring (bicyclic) bond motifs is 1. The molecule has 1 fully saturated rings. The number of hydrogen-bond acceptors (Lipinski definition) is 7. The molecule has 1 aromatic heterocycles. The van der Waals surface area contributed by atoms with E-state index in [9.17, 15) is 17.2 Å². The summed E-state index contributed by atoms with van der Waals surface area (Å²) in [5.41, 5.74) is 1.85. The largest absolute Gasteiger partial charge is 0.493 e. The van der Waals surface area contributed by atoms with E-state index in [0.717, 1.165) is 35.5 Å². The van der Waals surface area contributed by atoms with Gasteiger partial charge in [-0.25, -0.2) is 17.8 Å². The van der Waals surface area contributed by atoms with E-state index in [-0.39, 0.29) is 40.5 Å². The van der Waals surface area contributed by atoms with Gasteiger partial charge in [0.05, 0.1) is 18.2 Å². The Morgan fingerprint density at radius 1 is 1.15 bits per heavy atom. The molecule has 3 heterocycles. The van der Waals surface area contributed by atoms with Crippen molar-refractivity contribution in [2.75, 3.05) is 24.5 Å². The first-order chi connectivity index (χ1) is 16.4. The molecule has 3 aromatic rings. The molecule has 0 aliphatic carbocycles. The average Bonchev–Trinajstić information content (AvgIpc) is 3.36. The minimum absolute atomic E-state index is 0.0211. The van der Waals surface area contributed by atoms with Crippen molar-refractivity contribution in [2.45, 2.75) is 36.2 Å². The van der Waals surface area contributed by atoms with E-state index in [2.05, 4.69) is 19.0 Å². The summed E-state index contributed by atoms with van der Waals surface area (Å²) in [4.78, 5) is 6.28. The van der Waals surface area contributed by atoms with Crippen LogP contribution in [0, 0.1) is 11.7 Å². The quantitative estimate of drug-likeness (QED) is 0.521. The molecular formula is C23H24F2N4O3S2. The number of likely N-dealkylation sites (tertiary alicyclic amines) is 1. The van der Waals surface area contributed by atoms with Gasteiger partial charge in [0, 0.05) is 41.7 Å². The van der Waals surface area contributed by atoms with Gasteiger partial charge in [-0.3, -0.25) is 14.0 Å². The van der Waals surface area contributed by atoms with Crippen LogP contribution in [0.2, 0.25) is 0 Å². The second kappa shape index (κ2) is 9.55. The number of halogens is 2. The second-order valence-electron chi connectivity index (χ2n) is 8.55. The number of hydrogen-bond donors (Lipinski definition) is 1. The van der Waals surface area contributed by atoms with Crippen molar-refractivity contribution in [2.24, 2.45) is 5.92 Å². The highest BCUT2D eigenvalue weighted by molar-refractivity contribution is 7.93. The van der Waals surface area contributed by atoms with Crippen LogP contribution in [-0.4, -0.2) is 42.5 Å². The van der Waals surface area contributed by atoms with Gasteiger partial charge in [0.25, 0.3) is 10.0 Å². The van der Waals surface area contributed by atoms with Gasteiger partial charge in [-0.05, 0) is 49.1 Å². The van der Waals surface area contributed by atoms with E-state index in [1.165, 1.54) is 24.5 Å². The third-order valence-electron chi connectivity index (χ3n) is 6.51. The second-order valence-corrected chi connectivity index (χ2v) is 11.0. The van der Waals surface area contributed by atoms with E-state index in [1.54, 1.807) is 24.3 Å². The maximum absolute atomic E-state index is 13.6. The van der Waals surface area contributed by atoms with Crippen molar-refractivity contribution >= 4 is 26.7 Å². The standard InChI is InChI=1S/C23H24F2N4O3S2/c24-13-15-7-9-29(21(11-15)16-1-3-17(25)4-2-16)20-8-10-32-22-12-18(5-6-19(20)22)34(30,31)28-23-26-14-27-33-23/h1-6,12,14-15,20-21H,7-11,13H2,(H,26,27,28)/t15-,20?,21+/m0/s1. The number of nitrogens with one attached hydrogen (secondary N) is 1. The zero-order valence-corrected chi connectivity index (χ0v) is 19.9. The maximum Gasteiger partial charge on any atom is 0.263 e. The summed E-state index contributed by atoms with van der Waals surface area (Å²) in [5, 5.41) is 0.189. The highest BCUT2D eigenvalue weighted by Crippen LogP contribution is 2.45. The topological polar surface area (TPSA) is 84.4 Å². The van der Waals surface area contributed by atoms with Crippen LogP contribution >= 0.6 is 11.5 Å². The van der Waals surface area contributed by atoms with E-state index in [1.807, 2.05) is 0 Å². The molecule has 2 aromatic carbocycles. The average molecular weight is 507 g/mol. The zero-order valence-electron chi connectivity index (χ0n) is 18.2.